The molecule has 0 bridgehead atoms. The van der Waals surface area contributed by atoms with E-state index in [1.165, 1.54) is 27.5 Å². The third kappa shape index (κ3) is 4.61. The highest BCUT2D eigenvalue weighted by molar-refractivity contribution is 5.87. The molecular formula is C23H27NO. The highest BCUT2D eigenvalue weighted by Gasteiger charge is 2.09. The van der Waals surface area contributed by atoms with Crippen LogP contribution in [0.25, 0.3) is 10.8 Å². The second-order valence-electron chi connectivity index (χ2n) is 6.56. The maximum atomic E-state index is 6.07. The molecule has 25 heavy (non-hydrogen) atoms. The monoisotopic (exact) mass is 333 g/mol. The van der Waals surface area contributed by atoms with E-state index in [-0.39, 0.29) is 0 Å². The van der Waals surface area contributed by atoms with Gasteiger partial charge in [-0.1, -0.05) is 73.5 Å². The molecule has 0 spiro atoms. The highest BCUT2D eigenvalue weighted by atomic mass is 16.5. The molecule has 0 heterocycles. The van der Waals surface area contributed by atoms with Crippen LogP contribution in [0.15, 0.2) is 60.7 Å². The van der Waals surface area contributed by atoms with Crippen molar-refractivity contribution in [1.82, 2.24) is 5.32 Å². The Bertz CT molecular complexity index is 825. The molecule has 2 nitrogen and oxygen atoms in total. The van der Waals surface area contributed by atoms with Crippen LogP contribution in [0.5, 0.6) is 5.75 Å². The summed E-state index contributed by atoms with van der Waals surface area (Å²) in [5.74, 6) is 1.00. The summed E-state index contributed by atoms with van der Waals surface area (Å²) in [6.07, 6.45) is 2.23. The van der Waals surface area contributed by atoms with Gasteiger partial charge in [-0.15, -0.1) is 0 Å². The second-order valence-corrected chi connectivity index (χ2v) is 6.56. The fraction of sp³-hybridized carbons (Fsp3) is 0.304. The van der Waals surface area contributed by atoms with Crippen molar-refractivity contribution in [2.75, 3.05) is 6.61 Å². The predicted octanol–water partition coefficient (Wildman–Crippen LogP) is 5.62. The maximum absolute atomic E-state index is 6.07. The van der Waals surface area contributed by atoms with Crippen molar-refractivity contribution >= 4 is 10.8 Å². The van der Waals surface area contributed by atoms with Gasteiger partial charge in [-0.2, -0.15) is 0 Å². The molecule has 0 aliphatic rings. The van der Waals surface area contributed by atoms with E-state index in [0.717, 1.165) is 38.3 Å². The number of rotatable bonds is 8. The highest BCUT2D eigenvalue weighted by Crippen LogP contribution is 2.28. The fourth-order valence-corrected chi connectivity index (χ4v) is 3.11. The number of ether oxygens (including phenoxy) is 1. The Labute approximate surface area is 150 Å². The van der Waals surface area contributed by atoms with E-state index in [4.69, 9.17) is 4.74 Å². The summed E-state index contributed by atoms with van der Waals surface area (Å²) in [6, 6.07) is 21.4. The van der Waals surface area contributed by atoms with Gasteiger partial charge in [0.1, 0.15) is 5.75 Å². The molecule has 1 N–H and O–H groups in total. The van der Waals surface area contributed by atoms with Gasteiger partial charge in [0, 0.05) is 18.7 Å². The minimum Gasteiger partial charge on any atom is -0.493 e. The van der Waals surface area contributed by atoms with E-state index in [2.05, 4.69) is 79.8 Å². The average molecular weight is 333 g/mol. The SMILES string of the molecule is CCCCOc1ccc2ccccc2c1CNCc1cccc(C)c1. The van der Waals surface area contributed by atoms with Crippen molar-refractivity contribution in [1.29, 1.82) is 0 Å². The van der Waals surface area contributed by atoms with Crippen molar-refractivity contribution in [3.8, 4) is 5.75 Å². The summed E-state index contributed by atoms with van der Waals surface area (Å²) in [5.41, 5.74) is 3.86. The zero-order valence-electron chi connectivity index (χ0n) is 15.2. The normalized spacial score (nSPS) is 11.0. The molecule has 0 radical (unpaired) electrons. The van der Waals surface area contributed by atoms with Gasteiger partial charge in [0.25, 0.3) is 0 Å². The van der Waals surface area contributed by atoms with Gasteiger partial charge >= 0.3 is 0 Å². The molecule has 3 aromatic carbocycles. The fourth-order valence-electron chi connectivity index (χ4n) is 3.11. The Kier molecular flexibility index (Phi) is 6.08. The lowest BCUT2D eigenvalue weighted by Gasteiger charge is -2.15. The van der Waals surface area contributed by atoms with Gasteiger partial charge < -0.3 is 10.1 Å². The minimum atomic E-state index is 0.778. The summed E-state index contributed by atoms with van der Waals surface area (Å²) in [4.78, 5) is 0. The molecule has 0 amide bonds. The van der Waals surface area contributed by atoms with Crippen molar-refractivity contribution < 1.29 is 4.74 Å². The van der Waals surface area contributed by atoms with E-state index in [9.17, 15) is 0 Å². The number of hydrogen-bond acceptors (Lipinski definition) is 2. The first-order chi connectivity index (χ1) is 12.3. The van der Waals surface area contributed by atoms with Crippen LogP contribution >= 0.6 is 0 Å². The van der Waals surface area contributed by atoms with Gasteiger partial charge in [0.15, 0.2) is 0 Å². The zero-order valence-corrected chi connectivity index (χ0v) is 15.2. The Morgan fingerprint density at radius 1 is 0.920 bits per heavy atom. The second kappa shape index (κ2) is 8.68. The first kappa shape index (κ1) is 17.5. The summed E-state index contributed by atoms with van der Waals surface area (Å²) in [5, 5.41) is 6.12. The van der Waals surface area contributed by atoms with Crippen LogP contribution < -0.4 is 10.1 Å². The van der Waals surface area contributed by atoms with E-state index < -0.39 is 0 Å². The van der Waals surface area contributed by atoms with Gasteiger partial charge in [-0.05, 0) is 35.7 Å². The molecule has 0 fully saturated rings. The Balaban J connectivity index is 1.78. The van der Waals surface area contributed by atoms with E-state index >= 15 is 0 Å². The third-order valence-corrected chi connectivity index (χ3v) is 4.47. The van der Waals surface area contributed by atoms with Crippen LogP contribution in [0.2, 0.25) is 0 Å². The number of aryl methyl sites for hydroxylation is 1. The predicted molar refractivity (Wildman–Crippen MR) is 106 cm³/mol. The molecule has 0 saturated carbocycles. The van der Waals surface area contributed by atoms with Crippen molar-refractivity contribution in [3.05, 3.63) is 77.4 Å². The Morgan fingerprint density at radius 3 is 2.64 bits per heavy atom. The lowest BCUT2D eigenvalue weighted by Crippen LogP contribution is -2.14. The number of hydrogen-bond donors (Lipinski definition) is 1. The topological polar surface area (TPSA) is 21.3 Å². The zero-order chi connectivity index (χ0) is 17.5. The van der Waals surface area contributed by atoms with Gasteiger partial charge in [-0.25, -0.2) is 0 Å². The van der Waals surface area contributed by atoms with Crippen LogP contribution in [0.1, 0.15) is 36.5 Å². The number of benzene rings is 3. The van der Waals surface area contributed by atoms with Crippen LogP contribution in [-0.4, -0.2) is 6.61 Å². The summed E-state index contributed by atoms with van der Waals surface area (Å²) >= 11 is 0. The van der Waals surface area contributed by atoms with Crippen LogP contribution in [0.4, 0.5) is 0 Å². The van der Waals surface area contributed by atoms with Gasteiger partial charge in [0.2, 0.25) is 0 Å². The lowest BCUT2D eigenvalue weighted by atomic mass is 10.0. The first-order valence-corrected chi connectivity index (χ1v) is 9.17. The molecule has 2 heteroatoms. The Hall–Kier alpha value is -2.32. The molecule has 0 aliphatic heterocycles. The first-order valence-electron chi connectivity index (χ1n) is 9.17. The summed E-state index contributed by atoms with van der Waals surface area (Å²) in [6.45, 7) is 6.76. The molecule has 3 aromatic rings. The summed E-state index contributed by atoms with van der Waals surface area (Å²) < 4.78 is 6.07. The van der Waals surface area contributed by atoms with E-state index in [0.29, 0.717) is 0 Å². The number of nitrogens with one attached hydrogen (secondary N) is 1. The molecule has 0 saturated heterocycles. The molecule has 0 atom stereocenters. The maximum Gasteiger partial charge on any atom is 0.124 e. The van der Waals surface area contributed by atoms with Crippen molar-refractivity contribution in [3.63, 3.8) is 0 Å². The quantitative estimate of drug-likeness (QED) is 0.540. The largest absolute Gasteiger partial charge is 0.493 e. The molecule has 0 unspecified atom stereocenters. The van der Waals surface area contributed by atoms with Crippen LogP contribution in [-0.2, 0) is 13.1 Å². The molecular weight excluding hydrogens is 306 g/mol. The van der Waals surface area contributed by atoms with E-state index in [1.807, 2.05) is 0 Å². The molecule has 130 valence electrons. The number of fused-ring (bicyclic) bond motifs is 1. The standard InChI is InChI=1S/C23H27NO/c1-3-4-14-25-23-13-12-20-10-5-6-11-21(20)22(23)17-24-16-19-9-7-8-18(2)15-19/h5-13,15,24H,3-4,14,16-17H2,1-2H3. The third-order valence-electron chi connectivity index (χ3n) is 4.47. The molecule has 3 rings (SSSR count). The minimum absolute atomic E-state index is 0.778. The smallest absolute Gasteiger partial charge is 0.124 e. The van der Waals surface area contributed by atoms with Gasteiger partial charge in [0.05, 0.1) is 6.61 Å². The van der Waals surface area contributed by atoms with Crippen LogP contribution in [0.3, 0.4) is 0 Å². The van der Waals surface area contributed by atoms with Crippen molar-refractivity contribution in [2.45, 2.75) is 39.8 Å². The van der Waals surface area contributed by atoms with E-state index in [1.54, 1.807) is 0 Å². The average Bonchev–Trinajstić information content (AvgIpc) is 2.63. The summed E-state index contributed by atoms with van der Waals surface area (Å²) in [7, 11) is 0. The lowest BCUT2D eigenvalue weighted by molar-refractivity contribution is 0.306. The molecule has 0 aromatic heterocycles. The van der Waals surface area contributed by atoms with Crippen molar-refractivity contribution in [2.24, 2.45) is 0 Å². The Morgan fingerprint density at radius 2 is 1.80 bits per heavy atom. The van der Waals surface area contributed by atoms with Crippen LogP contribution in [0, 0.1) is 6.92 Å². The van der Waals surface area contributed by atoms with Gasteiger partial charge in [-0.3, -0.25) is 0 Å². The number of unbranched alkanes of at least 4 members (excludes halogenated alkanes) is 1. The molecule has 0 aliphatic carbocycles.